The summed E-state index contributed by atoms with van der Waals surface area (Å²) in [5.74, 6) is 0.815. The molecule has 0 unspecified atom stereocenters. The van der Waals surface area contributed by atoms with Crippen molar-refractivity contribution in [3.63, 3.8) is 0 Å². The first-order chi connectivity index (χ1) is 12.2. The van der Waals surface area contributed by atoms with E-state index in [0.29, 0.717) is 5.02 Å². The van der Waals surface area contributed by atoms with Crippen LogP contribution in [-0.4, -0.2) is 51.5 Å². The Bertz CT molecular complexity index is 899. The summed E-state index contributed by atoms with van der Waals surface area (Å²) < 4.78 is 1.89. The number of rotatable bonds is 3. The fourth-order valence-electron chi connectivity index (χ4n) is 3.08. The molecule has 1 N–H and O–H groups in total. The molecular formula is C18H18ClN5O. The first-order valence-electron chi connectivity index (χ1n) is 8.28. The largest absolute Gasteiger partial charge is 0.339 e. The lowest BCUT2D eigenvalue weighted by molar-refractivity contribution is -0.132. The van der Waals surface area contributed by atoms with Crippen molar-refractivity contribution in [1.82, 2.24) is 24.8 Å². The molecule has 0 saturated carbocycles. The van der Waals surface area contributed by atoms with Gasteiger partial charge in [0, 0.05) is 43.0 Å². The van der Waals surface area contributed by atoms with Crippen LogP contribution in [0.4, 0.5) is 0 Å². The van der Waals surface area contributed by atoms with Gasteiger partial charge in [0.05, 0.1) is 0 Å². The van der Waals surface area contributed by atoms with Crippen molar-refractivity contribution in [3.8, 4) is 11.4 Å². The van der Waals surface area contributed by atoms with Crippen molar-refractivity contribution >= 4 is 28.7 Å². The van der Waals surface area contributed by atoms with E-state index in [9.17, 15) is 4.79 Å². The van der Waals surface area contributed by atoms with Crippen molar-refractivity contribution in [3.05, 3.63) is 47.6 Å². The molecule has 3 heterocycles. The van der Waals surface area contributed by atoms with Gasteiger partial charge in [0.2, 0.25) is 5.91 Å². The maximum Gasteiger partial charge on any atom is 0.242 e. The highest BCUT2D eigenvalue weighted by Crippen LogP contribution is 2.25. The number of aromatic nitrogens is 3. The molecule has 6 nitrogen and oxygen atoms in total. The number of hydrogen-bond donors (Lipinski definition) is 1. The Kier molecular flexibility index (Phi) is 4.38. The molecule has 1 aliphatic rings. The number of fused-ring (bicyclic) bond motifs is 1. The van der Waals surface area contributed by atoms with Crippen LogP contribution in [0.1, 0.15) is 0 Å². The second kappa shape index (κ2) is 6.82. The summed E-state index contributed by atoms with van der Waals surface area (Å²) in [4.78, 5) is 23.8. The van der Waals surface area contributed by atoms with E-state index < -0.39 is 0 Å². The van der Waals surface area contributed by atoms with Crippen LogP contribution in [0.5, 0.6) is 0 Å². The molecule has 4 rings (SSSR count). The SMILES string of the molecule is O=C(Cn1c(-c2ccc(Cl)cc2)nc2cccnc21)N1CCNCC1. The number of amides is 1. The van der Waals surface area contributed by atoms with Gasteiger partial charge < -0.3 is 10.2 Å². The van der Waals surface area contributed by atoms with Crippen molar-refractivity contribution in [2.45, 2.75) is 6.54 Å². The number of hydrogen-bond acceptors (Lipinski definition) is 4. The number of carbonyl (C=O) groups excluding carboxylic acids is 1. The second-order valence-electron chi connectivity index (χ2n) is 6.01. The van der Waals surface area contributed by atoms with Crippen molar-refractivity contribution in [2.24, 2.45) is 0 Å². The van der Waals surface area contributed by atoms with Crippen LogP contribution in [0.3, 0.4) is 0 Å². The molecule has 3 aromatic rings. The van der Waals surface area contributed by atoms with E-state index in [4.69, 9.17) is 11.6 Å². The van der Waals surface area contributed by atoms with Gasteiger partial charge in [-0.15, -0.1) is 0 Å². The smallest absolute Gasteiger partial charge is 0.242 e. The quantitative estimate of drug-likeness (QED) is 0.782. The zero-order chi connectivity index (χ0) is 17.2. The Labute approximate surface area is 150 Å². The van der Waals surface area contributed by atoms with E-state index in [0.717, 1.165) is 48.7 Å². The lowest BCUT2D eigenvalue weighted by Crippen LogP contribution is -2.47. The molecule has 1 saturated heterocycles. The van der Waals surface area contributed by atoms with Gasteiger partial charge >= 0.3 is 0 Å². The van der Waals surface area contributed by atoms with Crippen LogP contribution in [0, 0.1) is 0 Å². The van der Waals surface area contributed by atoms with Gasteiger partial charge in [0.25, 0.3) is 0 Å². The van der Waals surface area contributed by atoms with E-state index in [2.05, 4.69) is 15.3 Å². The van der Waals surface area contributed by atoms with Crippen LogP contribution in [0.15, 0.2) is 42.6 Å². The fraction of sp³-hybridized carbons (Fsp3) is 0.278. The Morgan fingerprint density at radius 1 is 1.16 bits per heavy atom. The highest BCUT2D eigenvalue weighted by Gasteiger charge is 2.20. The predicted molar refractivity (Wildman–Crippen MR) is 97.4 cm³/mol. The van der Waals surface area contributed by atoms with Crippen LogP contribution in [-0.2, 0) is 11.3 Å². The van der Waals surface area contributed by atoms with E-state index in [1.807, 2.05) is 45.9 Å². The summed E-state index contributed by atoms with van der Waals surface area (Å²) in [6, 6.07) is 11.2. The van der Waals surface area contributed by atoms with E-state index in [1.165, 1.54) is 0 Å². The maximum atomic E-state index is 12.7. The van der Waals surface area contributed by atoms with Gasteiger partial charge in [-0.1, -0.05) is 11.6 Å². The normalized spacial score (nSPS) is 14.8. The van der Waals surface area contributed by atoms with Crippen molar-refractivity contribution < 1.29 is 4.79 Å². The van der Waals surface area contributed by atoms with Gasteiger partial charge in [-0.3, -0.25) is 9.36 Å². The van der Waals surface area contributed by atoms with Crippen LogP contribution in [0.2, 0.25) is 5.02 Å². The minimum atomic E-state index is 0.0849. The lowest BCUT2D eigenvalue weighted by atomic mass is 10.2. The minimum absolute atomic E-state index is 0.0849. The Balaban J connectivity index is 1.74. The molecule has 2 aromatic heterocycles. The molecule has 25 heavy (non-hydrogen) atoms. The minimum Gasteiger partial charge on any atom is -0.339 e. The van der Waals surface area contributed by atoms with Crippen molar-refractivity contribution in [1.29, 1.82) is 0 Å². The predicted octanol–water partition coefficient (Wildman–Crippen LogP) is 2.18. The molecule has 0 bridgehead atoms. The number of nitrogens with zero attached hydrogens (tertiary/aromatic N) is 4. The molecule has 1 fully saturated rings. The first kappa shape index (κ1) is 16.1. The highest BCUT2D eigenvalue weighted by atomic mass is 35.5. The second-order valence-corrected chi connectivity index (χ2v) is 6.44. The van der Waals surface area contributed by atoms with Gasteiger partial charge in [-0.25, -0.2) is 9.97 Å². The zero-order valence-electron chi connectivity index (χ0n) is 13.7. The Morgan fingerprint density at radius 3 is 2.68 bits per heavy atom. The summed E-state index contributed by atoms with van der Waals surface area (Å²) in [5.41, 5.74) is 2.41. The van der Waals surface area contributed by atoms with Crippen LogP contribution in [0.25, 0.3) is 22.6 Å². The lowest BCUT2D eigenvalue weighted by Gasteiger charge is -2.27. The Morgan fingerprint density at radius 2 is 1.92 bits per heavy atom. The number of halogens is 1. The van der Waals surface area contributed by atoms with Gasteiger partial charge in [-0.05, 0) is 36.4 Å². The van der Waals surface area contributed by atoms with Gasteiger partial charge in [-0.2, -0.15) is 0 Å². The third kappa shape index (κ3) is 3.23. The first-order valence-corrected chi connectivity index (χ1v) is 8.66. The Hall–Kier alpha value is -2.44. The summed E-state index contributed by atoms with van der Waals surface area (Å²) >= 11 is 6.00. The molecule has 0 spiro atoms. The summed E-state index contributed by atoms with van der Waals surface area (Å²) in [6.45, 7) is 3.35. The summed E-state index contributed by atoms with van der Waals surface area (Å²) in [5, 5.41) is 3.93. The third-order valence-electron chi connectivity index (χ3n) is 4.37. The number of carbonyl (C=O) groups is 1. The van der Waals surface area contributed by atoms with Crippen LogP contribution >= 0.6 is 11.6 Å². The highest BCUT2D eigenvalue weighted by molar-refractivity contribution is 6.30. The maximum absolute atomic E-state index is 12.7. The molecule has 0 atom stereocenters. The van der Waals surface area contributed by atoms with E-state index in [1.54, 1.807) is 6.20 Å². The molecular weight excluding hydrogens is 338 g/mol. The fourth-order valence-corrected chi connectivity index (χ4v) is 3.20. The molecule has 7 heteroatoms. The number of imidazole rings is 1. The summed E-state index contributed by atoms with van der Waals surface area (Å²) in [7, 11) is 0. The standard InChI is InChI=1S/C18H18ClN5O/c19-14-5-3-13(4-6-14)17-22-15-2-1-7-21-18(15)24(17)12-16(25)23-10-8-20-9-11-23/h1-7,20H,8-12H2. The molecule has 0 aliphatic carbocycles. The van der Waals surface area contributed by atoms with Gasteiger partial charge in [0.15, 0.2) is 5.65 Å². The molecule has 1 amide bonds. The van der Waals surface area contributed by atoms with Crippen LogP contribution < -0.4 is 5.32 Å². The number of benzene rings is 1. The molecule has 128 valence electrons. The van der Waals surface area contributed by atoms with Crippen molar-refractivity contribution in [2.75, 3.05) is 26.2 Å². The molecule has 1 aromatic carbocycles. The number of piperazine rings is 1. The topological polar surface area (TPSA) is 63.1 Å². The number of nitrogens with one attached hydrogen (secondary N) is 1. The number of pyridine rings is 1. The average Bonchev–Trinajstić information content (AvgIpc) is 3.02. The monoisotopic (exact) mass is 355 g/mol. The van der Waals surface area contributed by atoms with E-state index >= 15 is 0 Å². The van der Waals surface area contributed by atoms with E-state index in [-0.39, 0.29) is 12.5 Å². The third-order valence-corrected chi connectivity index (χ3v) is 4.62. The molecule has 0 radical (unpaired) electrons. The zero-order valence-corrected chi connectivity index (χ0v) is 14.4. The average molecular weight is 356 g/mol. The summed E-state index contributed by atoms with van der Waals surface area (Å²) in [6.07, 6.45) is 1.72. The van der Waals surface area contributed by atoms with Gasteiger partial charge in [0.1, 0.15) is 17.9 Å². The molecule has 1 aliphatic heterocycles.